The molecule has 0 aromatic heterocycles. The van der Waals surface area contributed by atoms with Crippen LogP contribution in [0.5, 0.6) is 5.75 Å². The van der Waals surface area contributed by atoms with Gasteiger partial charge in [-0.05, 0) is 37.8 Å². The van der Waals surface area contributed by atoms with Crippen LogP contribution in [0.1, 0.15) is 25.7 Å². The maximum Gasteiger partial charge on any atom is 0.125 e. The highest BCUT2D eigenvalue weighted by atomic mass is 16.5. The Morgan fingerprint density at radius 3 is 2.75 bits per heavy atom. The van der Waals surface area contributed by atoms with E-state index in [2.05, 4.69) is 11.4 Å². The Kier molecular flexibility index (Phi) is 3.00. The molecule has 1 N–H and O–H groups in total. The number of ether oxygens (including phenoxy) is 1. The Labute approximate surface area is 96.0 Å². The third-order valence-corrected chi connectivity index (χ3v) is 3.12. The molecule has 0 heterocycles. The van der Waals surface area contributed by atoms with Crippen molar-refractivity contribution in [2.24, 2.45) is 0 Å². The Bertz CT molecular complexity index is 403. The topological polar surface area (TPSA) is 45.0 Å². The van der Waals surface area contributed by atoms with Crippen LogP contribution in [0.2, 0.25) is 0 Å². The molecule has 0 spiro atoms. The van der Waals surface area contributed by atoms with Crippen LogP contribution >= 0.6 is 0 Å². The third-order valence-electron chi connectivity index (χ3n) is 3.12. The summed E-state index contributed by atoms with van der Waals surface area (Å²) in [7, 11) is 1.65. The van der Waals surface area contributed by atoms with Crippen molar-refractivity contribution in [3.05, 3.63) is 24.3 Å². The predicted octanol–water partition coefficient (Wildman–Crippen LogP) is 2.94. The molecule has 1 aromatic rings. The number of nitrogens with one attached hydrogen (secondary N) is 1. The zero-order valence-electron chi connectivity index (χ0n) is 9.49. The van der Waals surface area contributed by atoms with Gasteiger partial charge in [-0.3, -0.25) is 0 Å². The van der Waals surface area contributed by atoms with Crippen LogP contribution in [0.25, 0.3) is 0 Å². The molecule has 0 unspecified atom stereocenters. The summed E-state index contributed by atoms with van der Waals surface area (Å²) in [5, 5.41) is 12.6. The van der Waals surface area contributed by atoms with Gasteiger partial charge in [0.25, 0.3) is 0 Å². The minimum atomic E-state index is -0.369. The van der Waals surface area contributed by atoms with Crippen LogP contribution < -0.4 is 10.1 Å². The van der Waals surface area contributed by atoms with Gasteiger partial charge in [0.2, 0.25) is 0 Å². The number of benzene rings is 1. The van der Waals surface area contributed by atoms with Crippen molar-refractivity contribution in [3.63, 3.8) is 0 Å². The largest absolute Gasteiger partial charge is 0.497 e. The second-order valence-corrected chi connectivity index (χ2v) is 4.26. The van der Waals surface area contributed by atoms with Gasteiger partial charge < -0.3 is 10.1 Å². The Hall–Kier alpha value is -1.69. The molecule has 84 valence electrons. The van der Waals surface area contributed by atoms with Gasteiger partial charge in [0, 0.05) is 11.8 Å². The molecule has 1 aliphatic carbocycles. The van der Waals surface area contributed by atoms with Crippen LogP contribution in [-0.4, -0.2) is 12.6 Å². The Balaban J connectivity index is 2.16. The average molecular weight is 216 g/mol. The van der Waals surface area contributed by atoms with E-state index in [-0.39, 0.29) is 5.54 Å². The predicted molar refractivity (Wildman–Crippen MR) is 63.4 cm³/mol. The molecule has 0 bridgehead atoms. The molecule has 0 atom stereocenters. The van der Waals surface area contributed by atoms with E-state index in [0.29, 0.717) is 0 Å². The molecule has 1 aliphatic rings. The zero-order chi connectivity index (χ0) is 11.4. The summed E-state index contributed by atoms with van der Waals surface area (Å²) in [6.07, 6.45) is 4.12. The summed E-state index contributed by atoms with van der Waals surface area (Å²) in [6.45, 7) is 0. The van der Waals surface area contributed by atoms with Crippen LogP contribution in [0.15, 0.2) is 24.3 Å². The Morgan fingerprint density at radius 2 is 2.12 bits per heavy atom. The first-order valence-corrected chi connectivity index (χ1v) is 5.61. The lowest BCUT2D eigenvalue weighted by molar-refractivity contribution is 0.415. The number of hydrogen-bond donors (Lipinski definition) is 1. The van der Waals surface area contributed by atoms with Gasteiger partial charge in [-0.1, -0.05) is 6.07 Å². The number of rotatable bonds is 3. The number of nitriles is 1. The monoisotopic (exact) mass is 216 g/mol. The molecule has 3 heteroatoms. The molecule has 1 fully saturated rings. The molecule has 0 saturated heterocycles. The quantitative estimate of drug-likeness (QED) is 0.844. The smallest absolute Gasteiger partial charge is 0.125 e. The minimum absolute atomic E-state index is 0.369. The number of nitrogens with zero attached hydrogens (tertiary/aromatic N) is 1. The van der Waals surface area contributed by atoms with Gasteiger partial charge in [-0.2, -0.15) is 5.26 Å². The zero-order valence-corrected chi connectivity index (χ0v) is 9.49. The molecule has 0 amide bonds. The van der Waals surface area contributed by atoms with E-state index >= 15 is 0 Å². The number of hydrogen-bond acceptors (Lipinski definition) is 3. The second kappa shape index (κ2) is 4.44. The molecule has 16 heavy (non-hydrogen) atoms. The van der Waals surface area contributed by atoms with Crippen LogP contribution in [-0.2, 0) is 0 Å². The van der Waals surface area contributed by atoms with Gasteiger partial charge in [-0.15, -0.1) is 0 Å². The normalized spacial score (nSPS) is 17.8. The van der Waals surface area contributed by atoms with E-state index in [1.54, 1.807) is 7.11 Å². The third kappa shape index (κ3) is 2.11. The molecule has 1 saturated carbocycles. The number of anilines is 1. The fraction of sp³-hybridized carbons (Fsp3) is 0.462. The van der Waals surface area contributed by atoms with Crippen molar-refractivity contribution in [2.75, 3.05) is 12.4 Å². The highest BCUT2D eigenvalue weighted by Gasteiger charge is 2.33. The van der Waals surface area contributed by atoms with Gasteiger partial charge in [0.15, 0.2) is 0 Å². The first kappa shape index (κ1) is 10.8. The standard InChI is InChI=1S/C13H16N2O/c1-16-12-6-4-5-11(9-12)15-13(10-14)7-2-3-8-13/h4-6,9,15H,2-3,7-8H2,1H3. The fourth-order valence-corrected chi connectivity index (χ4v) is 2.22. The van der Waals surface area contributed by atoms with Crippen LogP contribution in [0, 0.1) is 11.3 Å². The molecular formula is C13H16N2O. The SMILES string of the molecule is COc1cccc(NC2(C#N)CCCC2)c1. The van der Waals surface area contributed by atoms with Crippen molar-refractivity contribution < 1.29 is 4.74 Å². The lowest BCUT2D eigenvalue weighted by atomic mass is 9.99. The summed E-state index contributed by atoms with van der Waals surface area (Å²) in [5.41, 5.74) is 0.592. The van der Waals surface area contributed by atoms with Gasteiger partial charge in [0.05, 0.1) is 13.2 Å². The molecule has 2 rings (SSSR count). The highest BCUT2D eigenvalue weighted by molar-refractivity contribution is 5.51. The van der Waals surface area contributed by atoms with E-state index in [9.17, 15) is 5.26 Å². The fourth-order valence-electron chi connectivity index (χ4n) is 2.22. The summed E-state index contributed by atoms with van der Waals surface area (Å²) >= 11 is 0. The first-order valence-electron chi connectivity index (χ1n) is 5.61. The highest BCUT2D eigenvalue weighted by Crippen LogP contribution is 2.33. The minimum Gasteiger partial charge on any atom is -0.497 e. The first-order chi connectivity index (χ1) is 7.78. The van der Waals surface area contributed by atoms with E-state index in [1.165, 1.54) is 0 Å². The lowest BCUT2D eigenvalue weighted by Gasteiger charge is -2.23. The molecule has 1 aromatic carbocycles. The van der Waals surface area contributed by atoms with E-state index in [1.807, 2.05) is 24.3 Å². The van der Waals surface area contributed by atoms with Crippen molar-refractivity contribution in [1.29, 1.82) is 5.26 Å². The van der Waals surface area contributed by atoms with Crippen molar-refractivity contribution in [3.8, 4) is 11.8 Å². The lowest BCUT2D eigenvalue weighted by Crippen LogP contribution is -2.32. The van der Waals surface area contributed by atoms with Crippen LogP contribution in [0.4, 0.5) is 5.69 Å². The summed E-state index contributed by atoms with van der Waals surface area (Å²) in [6, 6.07) is 10.1. The van der Waals surface area contributed by atoms with E-state index in [0.717, 1.165) is 37.1 Å². The Morgan fingerprint density at radius 1 is 1.38 bits per heavy atom. The van der Waals surface area contributed by atoms with Gasteiger partial charge >= 0.3 is 0 Å². The molecule has 3 nitrogen and oxygen atoms in total. The van der Waals surface area contributed by atoms with Crippen molar-refractivity contribution in [1.82, 2.24) is 0 Å². The number of methoxy groups -OCH3 is 1. The van der Waals surface area contributed by atoms with E-state index < -0.39 is 0 Å². The van der Waals surface area contributed by atoms with Crippen LogP contribution in [0.3, 0.4) is 0 Å². The van der Waals surface area contributed by atoms with Gasteiger partial charge in [0.1, 0.15) is 11.3 Å². The summed E-state index contributed by atoms with van der Waals surface area (Å²) in [5.74, 6) is 0.816. The summed E-state index contributed by atoms with van der Waals surface area (Å²) < 4.78 is 5.16. The molecular weight excluding hydrogens is 200 g/mol. The molecule has 0 aliphatic heterocycles. The summed E-state index contributed by atoms with van der Waals surface area (Å²) in [4.78, 5) is 0. The second-order valence-electron chi connectivity index (χ2n) is 4.26. The maximum atomic E-state index is 9.26. The van der Waals surface area contributed by atoms with Gasteiger partial charge in [-0.25, -0.2) is 0 Å². The maximum absolute atomic E-state index is 9.26. The van der Waals surface area contributed by atoms with Crippen molar-refractivity contribution >= 4 is 5.69 Å². The van der Waals surface area contributed by atoms with E-state index in [4.69, 9.17) is 4.74 Å². The molecule has 0 radical (unpaired) electrons. The average Bonchev–Trinajstić information content (AvgIpc) is 2.78. The van der Waals surface area contributed by atoms with Crippen molar-refractivity contribution in [2.45, 2.75) is 31.2 Å².